The first kappa shape index (κ1) is 21.5. The van der Waals surface area contributed by atoms with E-state index in [0.717, 1.165) is 24.5 Å². The van der Waals surface area contributed by atoms with Crippen LogP contribution in [0.2, 0.25) is 0 Å². The van der Waals surface area contributed by atoms with Crippen LogP contribution in [0.15, 0.2) is 24.3 Å². The number of hydrogen-bond donors (Lipinski definition) is 0. The Labute approximate surface area is 164 Å². The van der Waals surface area contributed by atoms with Gasteiger partial charge in [0.1, 0.15) is 5.75 Å². The SMILES string of the molecule is CCN(CC)CC#C[CH]CS(=O)(=O)N1CCN(c2ccc(OC)cc2)CC1. The van der Waals surface area contributed by atoms with Gasteiger partial charge in [0, 0.05) is 31.9 Å². The van der Waals surface area contributed by atoms with E-state index in [1.165, 1.54) is 0 Å². The Morgan fingerprint density at radius 2 is 1.74 bits per heavy atom. The van der Waals surface area contributed by atoms with Crippen molar-refractivity contribution in [1.82, 2.24) is 9.21 Å². The Hall–Kier alpha value is -1.75. The molecule has 0 atom stereocenters. The molecule has 0 aliphatic carbocycles. The van der Waals surface area contributed by atoms with Crippen LogP contribution in [0.25, 0.3) is 0 Å². The van der Waals surface area contributed by atoms with E-state index in [-0.39, 0.29) is 5.75 Å². The Kier molecular flexibility index (Phi) is 8.42. The molecular weight excluding hydrogens is 362 g/mol. The first-order valence-corrected chi connectivity index (χ1v) is 11.0. The molecule has 0 bridgehead atoms. The quantitative estimate of drug-likeness (QED) is 0.631. The van der Waals surface area contributed by atoms with E-state index >= 15 is 0 Å². The molecule has 27 heavy (non-hydrogen) atoms. The van der Waals surface area contributed by atoms with Gasteiger partial charge in [0.15, 0.2) is 0 Å². The van der Waals surface area contributed by atoms with E-state index in [2.05, 4.69) is 35.5 Å². The minimum Gasteiger partial charge on any atom is -0.497 e. The van der Waals surface area contributed by atoms with Crippen LogP contribution in [0, 0.1) is 18.3 Å². The van der Waals surface area contributed by atoms with Crippen molar-refractivity contribution in [3.63, 3.8) is 0 Å². The van der Waals surface area contributed by atoms with Gasteiger partial charge in [0.05, 0.1) is 25.8 Å². The second-order valence-electron chi connectivity index (χ2n) is 6.35. The van der Waals surface area contributed by atoms with Crippen molar-refractivity contribution in [2.24, 2.45) is 0 Å². The van der Waals surface area contributed by atoms with Crippen LogP contribution in [-0.2, 0) is 10.0 Å². The molecule has 6 nitrogen and oxygen atoms in total. The molecule has 0 N–H and O–H groups in total. The van der Waals surface area contributed by atoms with Gasteiger partial charge in [0.2, 0.25) is 10.0 Å². The van der Waals surface area contributed by atoms with E-state index in [1.54, 1.807) is 17.8 Å². The van der Waals surface area contributed by atoms with Crippen LogP contribution in [0.5, 0.6) is 5.75 Å². The third-order valence-electron chi connectivity index (χ3n) is 4.76. The zero-order valence-corrected chi connectivity index (χ0v) is 17.3. The molecule has 1 aromatic carbocycles. The zero-order chi connectivity index (χ0) is 19.7. The highest BCUT2D eigenvalue weighted by Crippen LogP contribution is 2.21. The van der Waals surface area contributed by atoms with Crippen LogP contribution >= 0.6 is 0 Å². The predicted molar refractivity (Wildman–Crippen MR) is 110 cm³/mol. The highest BCUT2D eigenvalue weighted by Gasteiger charge is 2.26. The molecule has 1 aliphatic rings. The summed E-state index contributed by atoms with van der Waals surface area (Å²) < 4.78 is 31.7. The number of anilines is 1. The average Bonchev–Trinajstić information content (AvgIpc) is 2.71. The number of hydrogen-bond acceptors (Lipinski definition) is 5. The Morgan fingerprint density at radius 3 is 2.30 bits per heavy atom. The van der Waals surface area contributed by atoms with E-state index < -0.39 is 10.0 Å². The van der Waals surface area contributed by atoms with Gasteiger partial charge in [-0.2, -0.15) is 4.31 Å². The summed E-state index contributed by atoms with van der Waals surface area (Å²) in [5, 5.41) is 0. The number of benzene rings is 1. The van der Waals surface area contributed by atoms with Crippen molar-refractivity contribution in [2.45, 2.75) is 13.8 Å². The number of methoxy groups -OCH3 is 1. The topological polar surface area (TPSA) is 53.1 Å². The van der Waals surface area contributed by atoms with Crippen LogP contribution in [-0.4, -0.2) is 76.3 Å². The molecule has 2 rings (SSSR count). The number of nitrogens with zero attached hydrogens (tertiary/aromatic N) is 3. The molecule has 1 radical (unpaired) electrons. The number of piperazine rings is 1. The number of sulfonamides is 1. The Morgan fingerprint density at radius 1 is 1.11 bits per heavy atom. The van der Waals surface area contributed by atoms with Gasteiger partial charge in [-0.1, -0.05) is 25.7 Å². The average molecular weight is 393 g/mol. The van der Waals surface area contributed by atoms with E-state index in [1.807, 2.05) is 24.3 Å². The molecule has 1 aliphatic heterocycles. The first-order valence-electron chi connectivity index (χ1n) is 9.39. The van der Waals surface area contributed by atoms with Crippen molar-refractivity contribution in [3.05, 3.63) is 30.7 Å². The van der Waals surface area contributed by atoms with Crippen LogP contribution in [0.3, 0.4) is 0 Å². The van der Waals surface area contributed by atoms with Gasteiger partial charge in [-0.3, -0.25) is 4.90 Å². The molecule has 0 unspecified atom stereocenters. The van der Waals surface area contributed by atoms with Crippen molar-refractivity contribution in [2.75, 3.05) is 63.6 Å². The van der Waals surface area contributed by atoms with Gasteiger partial charge in [-0.25, -0.2) is 8.42 Å². The van der Waals surface area contributed by atoms with Crippen LogP contribution in [0.1, 0.15) is 13.8 Å². The highest BCUT2D eigenvalue weighted by molar-refractivity contribution is 7.89. The molecule has 1 saturated heterocycles. The summed E-state index contributed by atoms with van der Waals surface area (Å²) >= 11 is 0. The second kappa shape index (κ2) is 10.5. The fourth-order valence-electron chi connectivity index (χ4n) is 2.95. The smallest absolute Gasteiger partial charge is 0.215 e. The monoisotopic (exact) mass is 392 g/mol. The Bertz CT molecular complexity index is 726. The largest absolute Gasteiger partial charge is 0.497 e. The minimum atomic E-state index is -3.30. The normalized spacial score (nSPS) is 15.5. The maximum absolute atomic E-state index is 12.5. The molecule has 0 aromatic heterocycles. The van der Waals surface area contributed by atoms with Crippen molar-refractivity contribution < 1.29 is 13.2 Å². The second-order valence-corrected chi connectivity index (χ2v) is 8.36. The lowest BCUT2D eigenvalue weighted by atomic mass is 10.2. The number of ether oxygens (including phenoxy) is 1. The van der Waals surface area contributed by atoms with Crippen LogP contribution < -0.4 is 9.64 Å². The van der Waals surface area contributed by atoms with Crippen molar-refractivity contribution >= 4 is 15.7 Å². The fourth-order valence-corrected chi connectivity index (χ4v) is 4.17. The summed E-state index contributed by atoms with van der Waals surface area (Å²) in [7, 11) is -1.65. The van der Waals surface area contributed by atoms with Gasteiger partial charge >= 0.3 is 0 Å². The molecule has 7 heteroatoms. The Balaban J connectivity index is 1.80. The number of rotatable bonds is 8. The lowest BCUT2D eigenvalue weighted by Gasteiger charge is -2.35. The van der Waals surface area contributed by atoms with Gasteiger partial charge in [-0.05, 0) is 37.4 Å². The molecule has 149 valence electrons. The van der Waals surface area contributed by atoms with E-state index in [0.29, 0.717) is 32.7 Å². The summed E-state index contributed by atoms with van der Waals surface area (Å²) in [6.07, 6.45) is 1.56. The van der Waals surface area contributed by atoms with Crippen molar-refractivity contribution in [1.29, 1.82) is 0 Å². The lowest BCUT2D eigenvalue weighted by molar-refractivity contribution is 0.342. The zero-order valence-electron chi connectivity index (χ0n) is 16.5. The van der Waals surface area contributed by atoms with E-state index in [9.17, 15) is 8.42 Å². The molecule has 1 aromatic rings. The summed E-state index contributed by atoms with van der Waals surface area (Å²) in [6, 6.07) is 7.85. The molecule has 1 heterocycles. The maximum atomic E-state index is 12.5. The molecular formula is C20H30N3O3S. The third kappa shape index (κ3) is 6.42. The minimum absolute atomic E-state index is 0.0270. The summed E-state index contributed by atoms with van der Waals surface area (Å²) in [5.74, 6) is 6.69. The summed E-state index contributed by atoms with van der Waals surface area (Å²) in [4.78, 5) is 4.38. The predicted octanol–water partition coefficient (Wildman–Crippen LogP) is 1.70. The standard InChI is InChI=1S/C20H30N3O3S/c1-4-21(5-2)13-7-6-8-18-27(24,25)23-16-14-22(15-17-23)19-9-11-20(26-3)12-10-19/h8-12H,4-5,13-18H2,1-3H3. The third-order valence-corrected chi connectivity index (χ3v) is 6.50. The highest BCUT2D eigenvalue weighted by atomic mass is 32.2. The molecule has 0 saturated carbocycles. The molecule has 0 amide bonds. The lowest BCUT2D eigenvalue weighted by Crippen LogP contribution is -2.49. The van der Waals surface area contributed by atoms with Crippen LogP contribution in [0.4, 0.5) is 5.69 Å². The van der Waals surface area contributed by atoms with Gasteiger partial charge in [0.25, 0.3) is 0 Å². The van der Waals surface area contributed by atoms with Crippen molar-refractivity contribution in [3.8, 4) is 17.6 Å². The van der Waals surface area contributed by atoms with E-state index in [4.69, 9.17) is 4.74 Å². The molecule has 0 spiro atoms. The fraction of sp³-hybridized carbons (Fsp3) is 0.550. The first-order chi connectivity index (χ1) is 13.0. The van der Waals surface area contributed by atoms with Gasteiger partial charge < -0.3 is 9.64 Å². The van der Waals surface area contributed by atoms with Gasteiger partial charge in [-0.15, -0.1) is 0 Å². The molecule has 1 fully saturated rings. The summed E-state index contributed by atoms with van der Waals surface area (Å²) in [6.45, 7) is 9.09. The summed E-state index contributed by atoms with van der Waals surface area (Å²) in [5.41, 5.74) is 1.08. The maximum Gasteiger partial charge on any atom is 0.215 e.